The molecule has 180 valence electrons. The molecule has 1 atom stereocenters. The lowest BCUT2D eigenvalue weighted by atomic mass is 10.2. The molecule has 0 saturated carbocycles. The molecule has 0 radical (unpaired) electrons. The van der Waals surface area contributed by atoms with E-state index in [9.17, 15) is 0 Å². The van der Waals surface area contributed by atoms with Crippen LogP contribution in [0, 0.1) is 0 Å². The molecule has 7 rings (SSSR count). The van der Waals surface area contributed by atoms with E-state index in [0.717, 1.165) is 52.9 Å². The van der Waals surface area contributed by atoms with Crippen LogP contribution in [-0.2, 0) is 6.54 Å². The SMILES string of the molecule is c1ccc2c(c1)OCC(Cn1nc(-c3ccc(N4CCCC4)cn3)nc1-c1cnn3ccccc13)O2. The lowest BCUT2D eigenvalue weighted by Crippen LogP contribution is -2.33. The summed E-state index contributed by atoms with van der Waals surface area (Å²) < 4.78 is 15.9. The first-order chi connectivity index (χ1) is 17.8. The number of rotatable bonds is 5. The number of pyridine rings is 2. The minimum Gasteiger partial charge on any atom is -0.486 e. The van der Waals surface area contributed by atoms with E-state index in [-0.39, 0.29) is 6.10 Å². The molecule has 4 aromatic heterocycles. The van der Waals surface area contributed by atoms with Crippen molar-refractivity contribution in [3.05, 3.63) is 73.2 Å². The molecule has 2 aliphatic rings. The van der Waals surface area contributed by atoms with Crippen LogP contribution in [0.15, 0.2) is 73.2 Å². The second-order valence-electron chi connectivity index (χ2n) is 9.12. The van der Waals surface area contributed by atoms with E-state index in [1.165, 1.54) is 12.8 Å². The van der Waals surface area contributed by atoms with Crippen molar-refractivity contribution in [3.8, 4) is 34.4 Å². The number of ether oxygens (including phenoxy) is 2. The minimum absolute atomic E-state index is 0.208. The summed E-state index contributed by atoms with van der Waals surface area (Å²) in [6, 6.07) is 17.8. The average Bonchev–Trinajstić information content (AvgIpc) is 3.69. The lowest BCUT2D eigenvalue weighted by Gasteiger charge is -2.26. The van der Waals surface area contributed by atoms with Gasteiger partial charge in [0.25, 0.3) is 0 Å². The quantitative estimate of drug-likeness (QED) is 0.375. The molecule has 36 heavy (non-hydrogen) atoms. The fourth-order valence-electron chi connectivity index (χ4n) is 4.91. The van der Waals surface area contributed by atoms with Gasteiger partial charge in [-0.3, -0.25) is 4.98 Å². The summed E-state index contributed by atoms with van der Waals surface area (Å²) in [5, 5.41) is 9.39. The molecule has 0 bridgehead atoms. The van der Waals surface area contributed by atoms with Crippen molar-refractivity contribution >= 4 is 11.2 Å². The van der Waals surface area contributed by atoms with E-state index in [1.807, 2.05) is 76.3 Å². The van der Waals surface area contributed by atoms with Gasteiger partial charge in [-0.15, -0.1) is 5.10 Å². The Kier molecular flexibility index (Phi) is 5.04. The van der Waals surface area contributed by atoms with Gasteiger partial charge in [0.2, 0.25) is 0 Å². The number of fused-ring (bicyclic) bond motifs is 2. The molecule has 9 nitrogen and oxygen atoms in total. The summed E-state index contributed by atoms with van der Waals surface area (Å²) in [5.41, 5.74) is 3.74. The van der Waals surface area contributed by atoms with Crippen molar-refractivity contribution < 1.29 is 9.47 Å². The van der Waals surface area contributed by atoms with Gasteiger partial charge in [-0.25, -0.2) is 14.2 Å². The maximum absolute atomic E-state index is 6.23. The first-order valence-corrected chi connectivity index (χ1v) is 12.3. The topological polar surface area (TPSA) is 82.6 Å². The van der Waals surface area contributed by atoms with Gasteiger partial charge in [0.1, 0.15) is 12.3 Å². The number of hydrogen-bond acceptors (Lipinski definition) is 7. The van der Waals surface area contributed by atoms with E-state index < -0.39 is 0 Å². The third-order valence-corrected chi connectivity index (χ3v) is 6.73. The minimum atomic E-state index is -0.208. The van der Waals surface area contributed by atoms with Gasteiger partial charge in [0, 0.05) is 19.3 Å². The van der Waals surface area contributed by atoms with Crippen LogP contribution in [0.5, 0.6) is 11.5 Å². The van der Waals surface area contributed by atoms with E-state index in [0.29, 0.717) is 19.0 Å². The largest absolute Gasteiger partial charge is 0.486 e. The molecule has 9 heteroatoms. The fraction of sp³-hybridized carbons (Fsp3) is 0.259. The zero-order valence-electron chi connectivity index (χ0n) is 19.7. The summed E-state index contributed by atoms with van der Waals surface area (Å²) >= 11 is 0. The molecule has 1 fully saturated rings. The fourth-order valence-corrected chi connectivity index (χ4v) is 4.91. The van der Waals surface area contributed by atoms with Crippen LogP contribution in [0.1, 0.15) is 12.8 Å². The standard InChI is InChI=1S/C27H25N7O2/c1-2-9-25-24(8-1)35-18-20(36-25)17-34-27(21-16-29-33-14-4-3-7-23(21)33)30-26(31-34)22-11-10-19(15-28-22)32-12-5-6-13-32/h1-4,7-11,14-16,20H,5-6,12-13,17-18H2. The third kappa shape index (κ3) is 3.73. The van der Waals surface area contributed by atoms with Crippen LogP contribution in [-0.4, -0.2) is 55.2 Å². The van der Waals surface area contributed by atoms with Crippen molar-refractivity contribution in [2.75, 3.05) is 24.6 Å². The molecule has 0 spiro atoms. The van der Waals surface area contributed by atoms with Crippen molar-refractivity contribution in [2.24, 2.45) is 0 Å². The van der Waals surface area contributed by atoms with Crippen molar-refractivity contribution in [2.45, 2.75) is 25.5 Å². The highest BCUT2D eigenvalue weighted by Gasteiger charge is 2.25. The van der Waals surface area contributed by atoms with Gasteiger partial charge in [0.15, 0.2) is 29.3 Å². The zero-order valence-corrected chi connectivity index (χ0v) is 19.7. The highest BCUT2D eigenvalue weighted by Crippen LogP contribution is 2.32. The molecular formula is C27H25N7O2. The summed E-state index contributed by atoms with van der Waals surface area (Å²) in [7, 11) is 0. The van der Waals surface area contributed by atoms with Gasteiger partial charge in [0.05, 0.1) is 35.7 Å². The maximum Gasteiger partial charge on any atom is 0.200 e. The van der Waals surface area contributed by atoms with Crippen molar-refractivity contribution in [1.82, 2.24) is 29.4 Å². The van der Waals surface area contributed by atoms with E-state index >= 15 is 0 Å². The van der Waals surface area contributed by atoms with E-state index in [1.54, 1.807) is 0 Å². The molecule has 0 amide bonds. The molecule has 1 unspecified atom stereocenters. The van der Waals surface area contributed by atoms with Gasteiger partial charge >= 0.3 is 0 Å². The van der Waals surface area contributed by atoms with Gasteiger partial charge in [-0.1, -0.05) is 18.2 Å². The van der Waals surface area contributed by atoms with Crippen molar-refractivity contribution in [1.29, 1.82) is 0 Å². The molecule has 1 saturated heterocycles. The summed E-state index contributed by atoms with van der Waals surface area (Å²) in [5.74, 6) is 2.80. The number of para-hydroxylation sites is 2. The highest BCUT2D eigenvalue weighted by atomic mass is 16.6. The van der Waals surface area contributed by atoms with E-state index in [4.69, 9.17) is 24.5 Å². The molecule has 6 heterocycles. The second kappa shape index (κ2) is 8.67. The molecule has 1 aromatic carbocycles. The van der Waals surface area contributed by atoms with Gasteiger partial charge in [-0.05, 0) is 49.2 Å². The Balaban J connectivity index is 1.25. The van der Waals surface area contributed by atoms with Gasteiger partial charge in [-0.2, -0.15) is 5.10 Å². The predicted molar refractivity (Wildman–Crippen MR) is 135 cm³/mol. The summed E-state index contributed by atoms with van der Waals surface area (Å²) in [4.78, 5) is 12.0. The molecule has 0 N–H and O–H groups in total. The van der Waals surface area contributed by atoms with Crippen LogP contribution >= 0.6 is 0 Å². The monoisotopic (exact) mass is 479 g/mol. The first-order valence-electron chi connectivity index (χ1n) is 12.3. The molecule has 5 aromatic rings. The van der Waals surface area contributed by atoms with Crippen LogP contribution < -0.4 is 14.4 Å². The van der Waals surface area contributed by atoms with Crippen LogP contribution in [0.2, 0.25) is 0 Å². The Labute approximate surface area is 207 Å². The number of aromatic nitrogens is 6. The number of anilines is 1. The first kappa shape index (κ1) is 20.9. The Hall–Kier alpha value is -4.40. The summed E-state index contributed by atoms with van der Waals surface area (Å²) in [6.07, 6.45) is 7.93. The van der Waals surface area contributed by atoms with Gasteiger partial charge < -0.3 is 14.4 Å². The van der Waals surface area contributed by atoms with Crippen LogP contribution in [0.3, 0.4) is 0 Å². The maximum atomic E-state index is 6.23. The Bertz CT molecular complexity index is 1520. The lowest BCUT2D eigenvalue weighted by molar-refractivity contribution is 0.0762. The van der Waals surface area contributed by atoms with E-state index in [2.05, 4.69) is 16.1 Å². The zero-order chi connectivity index (χ0) is 23.9. The predicted octanol–water partition coefficient (Wildman–Crippen LogP) is 4.10. The Morgan fingerprint density at radius 3 is 2.64 bits per heavy atom. The molecule has 2 aliphatic heterocycles. The smallest absolute Gasteiger partial charge is 0.200 e. The normalized spacial score (nSPS) is 17.1. The highest BCUT2D eigenvalue weighted by molar-refractivity contribution is 5.76. The number of benzene rings is 1. The van der Waals surface area contributed by atoms with Crippen LogP contribution in [0.25, 0.3) is 28.4 Å². The van der Waals surface area contributed by atoms with Crippen LogP contribution in [0.4, 0.5) is 5.69 Å². The average molecular weight is 480 g/mol. The summed E-state index contributed by atoms with van der Waals surface area (Å²) in [6.45, 7) is 3.08. The third-order valence-electron chi connectivity index (χ3n) is 6.73. The molecular weight excluding hydrogens is 454 g/mol. The Morgan fingerprint density at radius 1 is 0.917 bits per heavy atom. The number of nitrogens with zero attached hydrogens (tertiary/aromatic N) is 7. The molecule has 0 aliphatic carbocycles. The number of hydrogen-bond donors (Lipinski definition) is 0. The second-order valence-corrected chi connectivity index (χ2v) is 9.12. The Morgan fingerprint density at radius 2 is 1.78 bits per heavy atom. The van der Waals surface area contributed by atoms with Crippen molar-refractivity contribution in [3.63, 3.8) is 0 Å².